The number of anilines is 1. The van der Waals surface area contributed by atoms with Crippen molar-refractivity contribution in [1.29, 1.82) is 0 Å². The molecule has 1 saturated carbocycles. The lowest BCUT2D eigenvalue weighted by atomic mass is 9.84. The van der Waals surface area contributed by atoms with Gasteiger partial charge in [0.25, 0.3) is 0 Å². The maximum absolute atomic E-state index is 12.8. The first-order valence-electron chi connectivity index (χ1n) is 7.03. The van der Waals surface area contributed by atoms with Crippen molar-refractivity contribution >= 4 is 17.3 Å². The van der Waals surface area contributed by atoms with Gasteiger partial charge in [0.05, 0.1) is 5.56 Å². The SMILES string of the molecule is CCC1CCCC(Nc2cc(Cl)cc(C(F)(F)F)c2)C1. The van der Waals surface area contributed by atoms with Gasteiger partial charge in [0.15, 0.2) is 0 Å². The van der Waals surface area contributed by atoms with E-state index in [1.54, 1.807) is 6.07 Å². The minimum absolute atomic E-state index is 0.116. The summed E-state index contributed by atoms with van der Waals surface area (Å²) in [4.78, 5) is 0. The van der Waals surface area contributed by atoms with Crippen LogP contribution in [0.4, 0.5) is 18.9 Å². The van der Waals surface area contributed by atoms with Crippen LogP contribution in [0.2, 0.25) is 5.02 Å². The molecule has 1 N–H and O–H groups in total. The van der Waals surface area contributed by atoms with E-state index in [1.165, 1.54) is 6.42 Å². The molecule has 1 aromatic rings. The third-order valence-corrected chi connectivity index (χ3v) is 4.17. The second-order valence-corrected chi connectivity index (χ2v) is 5.94. The van der Waals surface area contributed by atoms with Crippen LogP contribution in [0.15, 0.2) is 18.2 Å². The third-order valence-electron chi connectivity index (χ3n) is 3.96. The van der Waals surface area contributed by atoms with E-state index in [-0.39, 0.29) is 11.1 Å². The van der Waals surface area contributed by atoms with Crippen LogP contribution in [-0.2, 0) is 6.18 Å². The minimum Gasteiger partial charge on any atom is -0.382 e. The van der Waals surface area contributed by atoms with E-state index in [0.717, 1.165) is 37.8 Å². The van der Waals surface area contributed by atoms with Crippen molar-refractivity contribution in [1.82, 2.24) is 0 Å². The Bertz CT molecular complexity index is 459. The number of hydrogen-bond acceptors (Lipinski definition) is 1. The standard InChI is InChI=1S/C15H19ClF3N/c1-2-10-4-3-5-13(6-10)20-14-8-11(15(17,18)19)7-12(16)9-14/h7-10,13,20H,2-6H2,1H3. The zero-order valence-electron chi connectivity index (χ0n) is 11.4. The van der Waals surface area contributed by atoms with Crippen LogP contribution in [0.1, 0.15) is 44.6 Å². The number of benzene rings is 1. The Morgan fingerprint density at radius 3 is 2.65 bits per heavy atom. The zero-order chi connectivity index (χ0) is 14.8. The molecule has 0 aromatic heterocycles. The number of rotatable bonds is 3. The average molecular weight is 306 g/mol. The van der Waals surface area contributed by atoms with Gasteiger partial charge in [0.2, 0.25) is 0 Å². The first-order chi connectivity index (χ1) is 9.38. The van der Waals surface area contributed by atoms with Gasteiger partial charge in [-0.25, -0.2) is 0 Å². The molecule has 0 spiro atoms. The molecule has 0 saturated heterocycles. The van der Waals surface area contributed by atoms with E-state index in [0.29, 0.717) is 11.6 Å². The number of nitrogens with one attached hydrogen (secondary N) is 1. The van der Waals surface area contributed by atoms with Gasteiger partial charge in [-0.05, 0) is 37.0 Å². The van der Waals surface area contributed by atoms with Crippen LogP contribution in [0, 0.1) is 5.92 Å². The highest BCUT2D eigenvalue weighted by Crippen LogP contribution is 2.34. The molecule has 0 aliphatic heterocycles. The van der Waals surface area contributed by atoms with Gasteiger partial charge in [-0.15, -0.1) is 0 Å². The molecule has 1 nitrogen and oxygen atoms in total. The fourth-order valence-corrected chi connectivity index (χ4v) is 3.10. The smallest absolute Gasteiger partial charge is 0.382 e. The summed E-state index contributed by atoms with van der Waals surface area (Å²) in [5.41, 5.74) is -0.234. The molecule has 5 heteroatoms. The first-order valence-corrected chi connectivity index (χ1v) is 7.40. The molecular weight excluding hydrogens is 287 g/mol. The van der Waals surface area contributed by atoms with Gasteiger partial charge in [0, 0.05) is 16.8 Å². The molecule has 1 aliphatic carbocycles. The molecule has 20 heavy (non-hydrogen) atoms. The second-order valence-electron chi connectivity index (χ2n) is 5.51. The lowest BCUT2D eigenvalue weighted by Crippen LogP contribution is -2.27. The number of alkyl halides is 3. The summed E-state index contributed by atoms with van der Waals surface area (Å²) in [5, 5.41) is 3.33. The van der Waals surface area contributed by atoms with E-state index in [1.807, 2.05) is 0 Å². The maximum atomic E-state index is 12.8. The van der Waals surface area contributed by atoms with Crippen molar-refractivity contribution in [2.24, 2.45) is 5.92 Å². The molecular formula is C15H19ClF3N. The monoisotopic (exact) mass is 305 g/mol. The fraction of sp³-hybridized carbons (Fsp3) is 0.600. The van der Waals surface area contributed by atoms with Crippen molar-refractivity contribution in [2.75, 3.05) is 5.32 Å². The van der Waals surface area contributed by atoms with Crippen molar-refractivity contribution in [2.45, 2.75) is 51.2 Å². The van der Waals surface area contributed by atoms with Gasteiger partial charge < -0.3 is 5.32 Å². The van der Waals surface area contributed by atoms with E-state index in [2.05, 4.69) is 12.2 Å². The molecule has 2 unspecified atom stereocenters. The predicted molar refractivity (Wildman–Crippen MR) is 76.1 cm³/mol. The van der Waals surface area contributed by atoms with Crippen molar-refractivity contribution in [3.63, 3.8) is 0 Å². The van der Waals surface area contributed by atoms with Crippen LogP contribution in [-0.4, -0.2) is 6.04 Å². The average Bonchev–Trinajstić information content (AvgIpc) is 2.37. The first kappa shape index (κ1) is 15.5. The second kappa shape index (κ2) is 6.25. The molecule has 2 rings (SSSR count). The summed E-state index contributed by atoms with van der Waals surface area (Å²) < 4.78 is 38.3. The quantitative estimate of drug-likeness (QED) is 0.751. The molecule has 1 fully saturated rings. The largest absolute Gasteiger partial charge is 0.416 e. The summed E-state index contributed by atoms with van der Waals surface area (Å²) >= 11 is 5.79. The normalized spacial score (nSPS) is 23.6. The van der Waals surface area contributed by atoms with Crippen LogP contribution in [0.25, 0.3) is 0 Å². The van der Waals surface area contributed by atoms with Gasteiger partial charge in [-0.3, -0.25) is 0 Å². The molecule has 112 valence electrons. The summed E-state index contributed by atoms with van der Waals surface area (Å²) in [5.74, 6) is 0.669. The van der Waals surface area contributed by atoms with Crippen LogP contribution in [0.5, 0.6) is 0 Å². The molecule has 1 aliphatic rings. The summed E-state index contributed by atoms with van der Waals surface area (Å²) in [6.07, 6.45) is 1.14. The van der Waals surface area contributed by atoms with Gasteiger partial charge >= 0.3 is 6.18 Å². The highest BCUT2D eigenvalue weighted by atomic mass is 35.5. The van der Waals surface area contributed by atoms with E-state index < -0.39 is 11.7 Å². The van der Waals surface area contributed by atoms with Gasteiger partial charge in [-0.2, -0.15) is 13.2 Å². The highest BCUT2D eigenvalue weighted by Gasteiger charge is 2.31. The van der Waals surface area contributed by atoms with E-state index in [9.17, 15) is 13.2 Å². The molecule has 1 aromatic carbocycles. The minimum atomic E-state index is -4.36. The lowest BCUT2D eigenvalue weighted by Gasteiger charge is -2.30. The Kier molecular flexibility index (Phi) is 4.84. The van der Waals surface area contributed by atoms with Crippen LogP contribution in [0.3, 0.4) is 0 Å². The topological polar surface area (TPSA) is 12.0 Å². The molecule has 0 heterocycles. The van der Waals surface area contributed by atoms with E-state index in [4.69, 9.17) is 11.6 Å². The number of hydrogen-bond donors (Lipinski definition) is 1. The van der Waals surface area contributed by atoms with E-state index >= 15 is 0 Å². The van der Waals surface area contributed by atoms with Crippen LogP contribution < -0.4 is 5.32 Å². The fourth-order valence-electron chi connectivity index (χ4n) is 2.87. The molecule has 0 amide bonds. The summed E-state index contributed by atoms with van der Waals surface area (Å²) in [6, 6.07) is 3.91. The molecule has 2 atom stereocenters. The maximum Gasteiger partial charge on any atom is 0.416 e. The highest BCUT2D eigenvalue weighted by molar-refractivity contribution is 6.30. The number of halogens is 4. The Hall–Kier alpha value is -0.900. The third kappa shape index (κ3) is 4.05. The Morgan fingerprint density at radius 1 is 1.25 bits per heavy atom. The van der Waals surface area contributed by atoms with Crippen molar-refractivity contribution in [3.05, 3.63) is 28.8 Å². The summed E-state index contributed by atoms with van der Waals surface area (Å²) in [6.45, 7) is 2.16. The van der Waals surface area contributed by atoms with Gasteiger partial charge in [-0.1, -0.05) is 37.8 Å². The zero-order valence-corrected chi connectivity index (χ0v) is 12.2. The Balaban J connectivity index is 2.11. The Morgan fingerprint density at radius 2 is 2.00 bits per heavy atom. The molecule has 0 radical (unpaired) electrons. The summed E-state index contributed by atoms with van der Waals surface area (Å²) in [7, 11) is 0. The Labute approximate surface area is 122 Å². The van der Waals surface area contributed by atoms with Gasteiger partial charge in [0.1, 0.15) is 0 Å². The predicted octanol–water partition coefficient (Wildman–Crippen LogP) is 5.74. The van der Waals surface area contributed by atoms with Crippen molar-refractivity contribution < 1.29 is 13.2 Å². The van der Waals surface area contributed by atoms with Crippen LogP contribution >= 0.6 is 11.6 Å². The van der Waals surface area contributed by atoms with Crippen molar-refractivity contribution in [3.8, 4) is 0 Å². The lowest BCUT2D eigenvalue weighted by molar-refractivity contribution is -0.137. The molecule has 0 bridgehead atoms.